The maximum absolute atomic E-state index is 12.4. The van der Waals surface area contributed by atoms with E-state index < -0.39 is 5.56 Å². The van der Waals surface area contributed by atoms with Crippen LogP contribution in [0.5, 0.6) is 0 Å². The zero-order chi connectivity index (χ0) is 18.1. The smallest absolute Gasteiger partial charge is 0.263 e. The first-order valence-electron chi connectivity index (χ1n) is 8.87. The summed E-state index contributed by atoms with van der Waals surface area (Å²) in [4.78, 5) is 33.3. The molecule has 3 atom stereocenters. The summed E-state index contributed by atoms with van der Waals surface area (Å²) in [5.41, 5.74) is 0.827. The minimum atomic E-state index is -0.404. The Bertz CT molecular complexity index is 851. The summed E-state index contributed by atoms with van der Waals surface area (Å²) in [7, 11) is 0. The number of hydrogen-bond donors (Lipinski definition) is 2. The molecule has 2 N–H and O–H groups in total. The van der Waals surface area contributed by atoms with E-state index >= 15 is 0 Å². The van der Waals surface area contributed by atoms with E-state index in [0.29, 0.717) is 18.5 Å². The van der Waals surface area contributed by atoms with Gasteiger partial charge in [-0.2, -0.15) is 0 Å². The fourth-order valence-corrected chi connectivity index (χ4v) is 3.76. The van der Waals surface area contributed by atoms with Crippen LogP contribution in [0.15, 0.2) is 41.3 Å². The van der Waals surface area contributed by atoms with Gasteiger partial charge in [-0.05, 0) is 18.9 Å². The molecule has 0 spiro atoms. The minimum absolute atomic E-state index is 0.00586. The van der Waals surface area contributed by atoms with Crippen molar-refractivity contribution < 1.29 is 9.53 Å². The minimum Gasteiger partial charge on any atom is -0.371 e. The summed E-state index contributed by atoms with van der Waals surface area (Å²) in [6.45, 7) is 3.91. The molecular weight excluding hydrogens is 332 g/mol. The van der Waals surface area contributed by atoms with Crippen LogP contribution >= 0.6 is 0 Å². The van der Waals surface area contributed by atoms with Crippen LogP contribution in [-0.4, -0.2) is 52.6 Å². The molecule has 0 saturated carbocycles. The van der Waals surface area contributed by atoms with Gasteiger partial charge in [0.1, 0.15) is 11.4 Å². The summed E-state index contributed by atoms with van der Waals surface area (Å²) >= 11 is 0. The Hall–Kier alpha value is -2.51. The Morgan fingerprint density at radius 3 is 2.88 bits per heavy atom. The van der Waals surface area contributed by atoms with Gasteiger partial charge in [0.2, 0.25) is 0 Å². The number of benzene rings is 1. The maximum Gasteiger partial charge on any atom is 0.263 e. The number of carbonyl (C=O) groups is 1. The van der Waals surface area contributed by atoms with E-state index in [4.69, 9.17) is 4.74 Å². The van der Waals surface area contributed by atoms with Crippen LogP contribution in [0.2, 0.25) is 0 Å². The third-order valence-electron chi connectivity index (χ3n) is 5.10. The molecule has 0 radical (unpaired) electrons. The highest BCUT2D eigenvalue weighted by Crippen LogP contribution is 2.30. The molecule has 2 fully saturated rings. The molecule has 2 aliphatic rings. The number of aromatic amines is 1. The Kier molecular flexibility index (Phi) is 4.57. The van der Waals surface area contributed by atoms with Crippen molar-refractivity contribution in [2.45, 2.75) is 31.5 Å². The van der Waals surface area contributed by atoms with Gasteiger partial charge in [-0.15, -0.1) is 0 Å². The van der Waals surface area contributed by atoms with Crippen molar-refractivity contribution in [3.8, 4) is 0 Å². The van der Waals surface area contributed by atoms with E-state index in [1.807, 2.05) is 18.2 Å². The molecule has 2 saturated heterocycles. The third-order valence-corrected chi connectivity index (χ3v) is 5.10. The molecule has 3 heterocycles. The number of amides is 1. The second-order valence-electron chi connectivity index (χ2n) is 6.96. The van der Waals surface area contributed by atoms with Crippen molar-refractivity contribution in [3.05, 3.63) is 63.8 Å². The average Bonchev–Trinajstić information content (AvgIpc) is 3.03. The Labute approximate surface area is 151 Å². The number of hydrogen-bond acceptors (Lipinski definition) is 5. The zero-order valence-corrected chi connectivity index (χ0v) is 14.6. The summed E-state index contributed by atoms with van der Waals surface area (Å²) in [5, 5.41) is 2.97. The van der Waals surface area contributed by atoms with E-state index in [0.717, 1.165) is 19.5 Å². The van der Waals surface area contributed by atoms with Crippen LogP contribution < -0.4 is 10.9 Å². The van der Waals surface area contributed by atoms with Gasteiger partial charge in [0.05, 0.1) is 12.7 Å². The summed E-state index contributed by atoms with van der Waals surface area (Å²) < 4.78 is 6.03. The van der Waals surface area contributed by atoms with Crippen molar-refractivity contribution in [1.29, 1.82) is 0 Å². The lowest BCUT2D eigenvalue weighted by atomic mass is 10.1. The predicted molar refractivity (Wildman–Crippen MR) is 96.0 cm³/mol. The molecule has 136 valence electrons. The number of aromatic nitrogens is 2. The number of fused-ring (bicyclic) bond motifs is 1. The monoisotopic (exact) mass is 354 g/mol. The van der Waals surface area contributed by atoms with E-state index in [2.05, 4.69) is 32.3 Å². The second kappa shape index (κ2) is 7.01. The molecule has 1 amide bonds. The Morgan fingerprint density at radius 1 is 1.31 bits per heavy atom. The van der Waals surface area contributed by atoms with E-state index in [1.165, 1.54) is 11.8 Å². The quantitative estimate of drug-likeness (QED) is 0.859. The SMILES string of the molecule is Cc1ncc(C(=O)N[C@@H]2C[C@H]3CO[C@@H](c4ccccc4)CN3C2)c(=O)[nH]1. The highest BCUT2D eigenvalue weighted by Gasteiger charge is 2.38. The molecule has 7 heteroatoms. The van der Waals surface area contributed by atoms with Gasteiger partial charge in [0.25, 0.3) is 11.5 Å². The summed E-state index contributed by atoms with van der Waals surface area (Å²) in [6.07, 6.45) is 2.22. The first-order valence-corrected chi connectivity index (χ1v) is 8.87. The second-order valence-corrected chi connectivity index (χ2v) is 6.96. The van der Waals surface area contributed by atoms with Gasteiger partial charge < -0.3 is 15.0 Å². The lowest BCUT2D eigenvalue weighted by molar-refractivity contribution is -0.0502. The zero-order valence-electron chi connectivity index (χ0n) is 14.6. The van der Waals surface area contributed by atoms with Crippen LogP contribution in [0, 0.1) is 6.92 Å². The number of aryl methyl sites for hydroxylation is 1. The number of H-pyrrole nitrogens is 1. The van der Waals surface area contributed by atoms with Crippen LogP contribution in [0.3, 0.4) is 0 Å². The normalized spacial score (nSPS) is 25.7. The van der Waals surface area contributed by atoms with Crippen LogP contribution in [-0.2, 0) is 4.74 Å². The van der Waals surface area contributed by atoms with Gasteiger partial charge >= 0.3 is 0 Å². The van der Waals surface area contributed by atoms with Gasteiger partial charge in [-0.25, -0.2) is 4.98 Å². The van der Waals surface area contributed by atoms with Crippen LogP contribution in [0.1, 0.15) is 34.3 Å². The molecule has 1 aromatic heterocycles. The van der Waals surface area contributed by atoms with Gasteiger partial charge in [-0.3, -0.25) is 14.5 Å². The molecule has 0 unspecified atom stereocenters. The number of carbonyl (C=O) groups excluding carboxylic acids is 1. The van der Waals surface area contributed by atoms with Crippen molar-refractivity contribution in [1.82, 2.24) is 20.2 Å². The highest BCUT2D eigenvalue weighted by atomic mass is 16.5. The average molecular weight is 354 g/mol. The topological polar surface area (TPSA) is 87.3 Å². The lowest BCUT2D eigenvalue weighted by Crippen LogP contribution is -2.43. The Balaban J connectivity index is 1.39. The molecule has 7 nitrogen and oxygen atoms in total. The third kappa shape index (κ3) is 3.40. The van der Waals surface area contributed by atoms with Crippen molar-refractivity contribution in [2.24, 2.45) is 0 Å². The highest BCUT2D eigenvalue weighted by molar-refractivity contribution is 5.93. The fraction of sp³-hybridized carbons (Fsp3) is 0.421. The van der Waals surface area contributed by atoms with E-state index in [-0.39, 0.29) is 23.6 Å². The largest absolute Gasteiger partial charge is 0.371 e. The number of morpholine rings is 1. The molecule has 1 aromatic carbocycles. The predicted octanol–water partition coefficient (Wildman–Crippen LogP) is 1.02. The lowest BCUT2D eigenvalue weighted by Gasteiger charge is -2.35. The first kappa shape index (κ1) is 16.9. The molecule has 2 aliphatic heterocycles. The first-order chi connectivity index (χ1) is 12.6. The summed E-state index contributed by atoms with van der Waals surface area (Å²) in [5.74, 6) is 0.123. The number of nitrogens with one attached hydrogen (secondary N) is 2. The molecule has 0 aliphatic carbocycles. The van der Waals surface area contributed by atoms with Crippen molar-refractivity contribution in [3.63, 3.8) is 0 Å². The van der Waals surface area contributed by atoms with Gasteiger partial charge in [0, 0.05) is 31.4 Å². The molecule has 4 rings (SSSR count). The fourth-order valence-electron chi connectivity index (χ4n) is 3.76. The Morgan fingerprint density at radius 2 is 2.12 bits per heavy atom. The standard InChI is InChI=1S/C19H22N4O3/c1-12-20-8-16(18(24)21-12)19(25)22-14-7-15-11-26-17(10-23(15)9-14)13-5-3-2-4-6-13/h2-6,8,14-15,17H,7,9-11H2,1H3,(H,22,25)(H,20,21,24)/t14-,15+,17-/m1/s1. The number of nitrogens with zero attached hydrogens (tertiary/aromatic N) is 2. The molecule has 0 bridgehead atoms. The molecular formula is C19H22N4O3. The number of ether oxygens (including phenoxy) is 1. The van der Waals surface area contributed by atoms with Gasteiger partial charge in [-0.1, -0.05) is 30.3 Å². The van der Waals surface area contributed by atoms with E-state index in [1.54, 1.807) is 6.92 Å². The molecule has 2 aromatic rings. The molecule has 26 heavy (non-hydrogen) atoms. The van der Waals surface area contributed by atoms with Crippen LogP contribution in [0.4, 0.5) is 0 Å². The summed E-state index contributed by atoms with van der Waals surface area (Å²) in [6, 6.07) is 10.5. The maximum atomic E-state index is 12.4. The van der Waals surface area contributed by atoms with Crippen LogP contribution in [0.25, 0.3) is 0 Å². The number of rotatable bonds is 3. The van der Waals surface area contributed by atoms with E-state index in [9.17, 15) is 9.59 Å². The van der Waals surface area contributed by atoms with Crippen molar-refractivity contribution >= 4 is 5.91 Å². The van der Waals surface area contributed by atoms with Crippen molar-refractivity contribution in [2.75, 3.05) is 19.7 Å². The van der Waals surface area contributed by atoms with Gasteiger partial charge in [0.15, 0.2) is 0 Å².